The molecule has 1 aromatic carbocycles. The fourth-order valence-electron chi connectivity index (χ4n) is 1.52. The van der Waals surface area contributed by atoms with Gasteiger partial charge in [-0.25, -0.2) is 17.8 Å². The van der Waals surface area contributed by atoms with Crippen molar-refractivity contribution in [2.45, 2.75) is 4.90 Å². The molecular weight excluding hydrogens is 283 g/mol. The van der Waals surface area contributed by atoms with Gasteiger partial charge in [-0.05, 0) is 24.3 Å². The number of nitriles is 1. The summed E-state index contributed by atoms with van der Waals surface area (Å²) >= 11 is 0. The van der Waals surface area contributed by atoms with E-state index >= 15 is 0 Å². The largest absolute Gasteiger partial charge is 0.396 e. The van der Waals surface area contributed by atoms with Crippen LogP contribution >= 0.6 is 0 Å². The number of pyridine rings is 1. The molecule has 0 fully saturated rings. The summed E-state index contributed by atoms with van der Waals surface area (Å²) in [5.74, 6) is -0.995. The third kappa shape index (κ3) is 2.53. The minimum Gasteiger partial charge on any atom is -0.396 e. The van der Waals surface area contributed by atoms with E-state index in [0.717, 1.165) is 12.1 Å². The summed E-state index contributed by atoms with van der Waals surface area (Å²) in [6.07, 6.45) is 1.35. The zero-order valence-corrected chi connectivity index (χ0v) is 10.9. The summed E-state index contributed by atoms with van der Waals surface area (Å²) in [4.78, 5) is 3.31. The van der Waals surface area contributed by atoms with E-state index in [4.69, 9.17) is 11.0 Å². The van der Waals surface area contributed by atoms with Gasteiger partial charge in [-0.2, -0.15) is 5.26 Å². The van der Waals surface area contributed by atoms with Gasteiger partial charge in [0.2, 0.25) is 0 Å². The summed E-state index contributed by atoms with van der Waals surface area (Å²) in [5, 5.41) is 8.86. The van der Waals surface area contributed by atoms with Crippen molar-refractivity contribution >= 4 is 21.5 Å². The average Bonchev–Trinajstić information content (AvgIpc) is 2.41. The number of rotatable bonds is 3. The Labute approximate surface area is 114 Å². The second-order valence-electron chi connectivity index (χ2n) is 3.77. The molecule has 0 unspecified atom stereocenters. The number of nitrogens with one attached hydrogen (secondary N) is 1. The Morgan fingerprint density at radius 2 is 2.05 bits per heavy atom. The molecule has 102 valence electrons. The molecule has 1 heterocycles. The lowest BCUT2D eigenvalue weighted by atomic mass is 10.2. The van der Waals surface area contributed by atoms with Gasteiger partial charge in [0.1, 0.15) is 22.3 Å². The van der Waals surface area contributed by atoms with Crippen molar-refractivity contribution in [3.8, 4) is 6.07 Å². The van der Waals surface area contributed by atoms with Crippen molar-refractivity contribution in [3.05, 3.63) is 47.9 Å². The topological polar surface area (TPSA) is 109 Å². The fraction of sp³-hybridized carbons (Fsp3) is 0. The molecule has 0 bridgehead atoms. The second kappa shape index (κ2) is 5.14. The molecule has 6 nitrogen and oxygen atoms in total. The number of benzene rings is 1. The highest BCUT2D eigenvalue weighted by Crippen LogP contribution is 2.22. The van der Waals surface area contributed by atoms with Gasteiger partial charge in [-0.15, -0.1) is 0 Å². The van der Waals surface area contributed by atoms with E-state index in [1.165, 1.54) is 30.5 Å². The monoisotopic (exact) mass is 292 g/mol. The van der Waals surface area contributed by atoms with Crippen molar-refractivity contribution in [3.63, 3.8) is 0 Å². The molecule has 0 aliphatic carbocycles. The van der Waals surface area contributed by atoms with Crippen LogP contribution in [0.15, 0.2) is 41.4 Å². The van der Waals surface area contributed by atoms with Gasteiger partial charge < -0.3 is 5.73 Å². The van der Waals surface area contributed by atoms with E-state index in [0.29, 0.717) is 0 Å². The second-order valence-corrected chi connectivity index (χ2v) is 5.42. The van der Waals surface area contributed by atoms with Crippen LogP contribution in [0.3, 0.4) is 0 Å². The predicted octanol–water partition coefficient (Wildman–Crippen LogP) is 1.48. The lowest BCUT2D eigenvalue weighted by Crippen LogP contribution is -2.17. The van der Waals surface area contributed by atoms with Crippen molar-refractivity contribution in [1.29, 1.82) is 5.26 Å². The quantitative estimate of drug-likeness (QED) is 0.890. The number of nitrogens with two attached hydrogens (primary N) is 1. The minimum absolute atomic E-state index is 0.0827. The van der Waals surface area contributed by atoms with Gasteiger partial charge in [0, 0.05) is 6.20 Å². The van der Waals surface area contributed by atoms with E-state index in [1.54, 1.807) is 0 Å². The van der Waals surface area contributed by atoms with Gasteiger partial charge in [-0.3, -0.25) is 4.72 Å². The van der Waals surface area contributed by atoms with E-state index < -0.39 is 26.3 Å². The molecule has 0 radical (unpaired) electrons. The van der Waals surface area contributed by atoms with Crippen LogP contribution in [-0.4, -0.2) is 13.4 Å². The fourth-order valence-corrected chi connectivity index (χ4v) is 2.73. The summed E-state index contributed by atoms with van der Waals surface area (Å²) in [7, 11) is -4.16. The van der Waals surface area contributed by atoms with Crippen molar-refractivity contribution < 1.29 is 12.8 Å². The lowest BCUT2D eigenvalue weighted by molar-refractivity contribution is 0.593. The molecular formula is C12H9FN4O2S. The van der Waals surface area contributed by atoms with Gasteiger partial charge in [-0.1, -0.05) is 6.07 Å². The third-order valence-electron chi connectivity index (χ3n) is 2.45. The first-order chi connectivity index (χ1) is 9.45. The Bertz CT molecular complexity index is 799. The van der Waals surface area contributed by atoms with Gasteiger partial charge in [0.25, 0.3) is 10.0 Å². The number of sulfonamides is 1. The van der Waals surface area contributed by atoms with Crippen LogP contribution in [0, 0.1) is 17.1 Å². The number of nitrogens with zero attached hydrogens (tertiary/aromatic N) is 2. The molecule has 0 amide bonds. The number of halogens is 1. The Morgan fingerprint density at radius 3 is 2.70 bits per heavy atom. The summed E-state index contributed by atoms with van der Waals surface area (Å²) in [5.41, 5.74) is 5.13. The van der Waals surface area contributed by atoms with E-state index in [9.17, 15) is 12.8 Å². The maximum absolute atomic E-state index is 13.4. The van der Waals surface area contributed by atoms with Gasteiger partial charge in [0.05, 0.1) is 5.69 Å². The molecule has 2 rings (SSSR count). The molecule has 0 aliphatic heterocycles. The van der Waals surface area contributed by atoms with E-state index in [2.05, 4.69) is 9.71 Å². The van der Waals surface area contributed by atoms with Crippen LogP contribution in [0.1, 0.15) is 5.56 Å². The van der Waals surface area contributed by atoms with Crippen LogP contribution in [0.25, 0.3) is 0 Å². The Balaban J connectivity index is 2.50. The zero-order valence-electron chi connectivity index (χ0n) is 10.0. The SMILES string of the molecule is N#Cc1c(F)cccc1S(=O)(=O)Nc1ncccc1N. The number of hydrogen-bond acceptors (Lipinski definition) is 5. The van der Waals surface area contributed by atoms with Crippen LogP contribution in [0.5, 0.6) is 0 Å². The van der Waals surface area contributed by atoms with Crippen LogP contribution < -0.4 is 10.5 Å². The third-order valence-corrected chi connectivity index (χ3v) is 3.83. The summed E-state index contributed by atoms with van der Waals surface area (Å²) in [6.45, 7) is 0. The summed E-state index contributed by atoms with van der Waals surface area (Å²) < 4.78 is 39.9. The first kappa shape index (κ1) is 13.8. The maximum Gasteiger partial charge on any atom is 0.264 e. The molecule has 0 spiro atoms. The molecule has 2 aromatic rings. The highest BCUT2D eigenvalue weighted by molar-refractivity contribution is 7.92. The van der Waals surface area contributed by atoms with Crippen LogP contribution in [-0.2, 0) is 10.0 Å². The zero-order chi connectivity index (χ0) is 14.8. The smallest absolute Gasteiger partial charge is 0.264 e. The van der Waals surface area contributed by atoms with Gasteiger partial charge >= 0.3 is 0 Å². The highest BCUT2D eigenvalue weighted by atomic mass is 32.2. The van der Waals surface area contributed by atoms with Crippen molar-refractivity contribution in [2.75, 3.05) is 10.5 Å². The standard InChI is InChI=1S/C12H9FN4O2S/c13-9-3-1-5-11(8(9)7-14)20(18,19)17-12-10(15)4-2-6-16-12/h1-6H,15H2,(H,16,17). The molecule has 0 saturated carbocycles. The molecule has 3 N–H and O–H groups in total. The van der Waals surface area contributed by atoms with Crippen molar-refractivity contribution in [2.24, 2.45) is 0 Å². The van der Waals surface area contributed by atoms with Crippen LogP contribution in [0.4, 0.5) is 15.9 Å². The number of aromatic nitrogens is 1. The molecule has 0 saturated heterocycles. The number of anilines is 2. The summed E-state index contributed by atoms with van der Waals surface area (Å²) in [6, 6.07) is 7.86. The maximum atomic E-state index is 13.4. The lowest BCUT2D eigenvalue weighted by Gasteiger charge is -2.10. The van der Waals surface area contributed by atoms with Gasteiger partial charge in [0.15, 0.2) is 5.82 Å². The Hall–Kier alpha value is -2.66. The minimum atomic E-state index is -4.16. The number of hydrogen-bond donors (Lipinski definition) is 2. The first-order valence-corrected chi connectivity index (χ1v) is 6.86. The Morgan fingerprint density at radius 1 is 1.30 bits per heavy atom. The molecule has 1 aromatic heterocycles. The van der Waals surface area contributed by atoms with Crippen LogP contribution in [0.2, 0.25) is 0 Å². The normalized spacial score (nSPS) is 10.8. The first-order valence-electron chi connectivity index (χ1n) is 5.37. The molecule has 8 heteroatoms. The van der Waals surface area contributed by atoms with E-state index in [-0.39, 0.29) is 11.5 Å². The van der Waals surface area contributed by atoms with E-state index in [1.807, 2.05) is 0 Å². The highest BCUT2D eigenvalue weighted by Gasteiger charge is 2.22. The average molecular weight is 292 g/mol. The molecule has 0 atom stereocenters. The molecule has 20 heavy (non-hydrogen) atoms. The van der Waals surface area contributed by atoms with Crippen molar-refractivity contribution in [1.82, 2.24) is 4.98 Å². The molecule has 0 aliphatic rings. The Kier molecular flexibility index (Phi) is 3.54. The number of nitrogen functional groups attached to an aromatic ring is 1. The predicted molar refractivity (Wildman–Crippen MR) is 70.6 cm³/mol.